The van der Waals surface area contributed by atoms with E-state index in [1.54, 1.807) is 0 Å². The molecule has 0 aliphatic heterocycles. The molecule has 7 heteroatoms. The molecule has 0 spiro atoms. The maximum Gasteiger partial charge on any atom is 0.330 e. The third kappa shape index (κ3) is 3.64. The van der Waals surface area contributed by atoms with Crippen LogP contribution in [0.3, 0.4) is 0 Å². The molecular formula is C10H17N3O3S. The largest absolute Gasteiger partial charge is 0.467 e. The lowest BCUT2D eigenvalue weighted by atomic mass is 9.96. The number of nitrogens with zero attached hydrogens (tertiary/aromatic N) is 2. The Kier molecular flexibility index (Phi) is 4.41. The molecule has 1 unspecified atom stereocenters. The summed E-state index contributed by atoms with van der Waals surface area (Å²) >= 11 is 1.16. The summed E-state index contributed by atoms with van der Waals surface area (Å²) in [4.78, 5) is 15.5. The Hall–Kier alpha value is -1.21. The van der Waals surface area contributed by atoms with E-state index in [-0.39, 0.29) is 12.0 Å². The first-order valence-corrected chi connectivity index (χ1v) is 5.95. The molecule has 1 aromatic rings. The van der Waals surface area contributed by atoms with Crippen molar-refractivity contribution in [3.8, 4) is 0 Å². The molecule has 0 radical (unpaired) electrons. The van der Waals surface area contributed by atoms with Crippen LogP contribution in [-0.2, 0) is 14.9 Å². The number of aromatic nitrogens is 2. The van der Waals surface area contributed by atoms with Gasteiger partial charge in [-0.25, -0.2) is 9.78 Å². The number of aliphatic hydroxyl groups is 1. The van der Waals surface area contributed by atoms with Crippen LogP contribution in [0.5, 0.6) is 0 Å². The van der Waals surface area contributed by atoms with Gasteiger partial charge in [0, 0.05) is 16.9 Å². The van der Waals surface area contributed by atoms with E-state index in [1.165, 1.54) is 7.11 Å². The van der Waals surface area contributed by atoms with Crippen molar-refractivity contribution >= 4 is 22.6 Å². The van der Waals surface area contributed by atoms with E-state index >= 15 is 0 Å². The molecule has 0 saturated carbocycles. The second-order valence-electron chi connectivity index (χ2n) is 4.58. The van der Waals surface area contributed by atoms with Gasteiger partial charge in [-0.05, 0) is 0 Å². The number of carbonyl (C=O) groups excluding carboxylic acids is 1. The summed E-state index contributed by atoms with van der Waals surface area (Å²) in [6.07, 6.45) is 0. The van der Waals surface area contributed by atoms with Crippen LogP contribution in [0.1, 0.15) is 26.6 Å². The molecule has 1 rings (SSSR count). The molecule has 0 aromatic carbocycles. The molecule has 1 aromatic heterocycles. The van der Waals surface area contributed by atoms with Crippen LogP contribution in [-0.4, -0.2) is 40.2 Å². The van der Waals surface area contributed by atoms with Crippen LogP contribution in [0.2, 0.25) is 0 Å². The Morgan fingerprint density at radius 3 is 2.65 bits per heavy atom. The molecule has 1 heterocycles. The van der Waals surface area contributed by atoms with E-state index in [9.17, 15) is 4.79 Å². The summed E-state index contributed by atoms with van der Waals surface area (Å²) < 4.78 is 8.74. The highest BCUT2D eigenvalue weighted by molar-refractivity contribution is 7.09. The summed E-state index contributed by atoms with van der Waals surface area (Å²) in [5, 5.41) is 12.3. The highest BCUT2D eigenvalue weighted by Gasteiger charge is 2.23. The molecule has 17 heavy (non-hydrogen) atoms. The molecular weight excluding hydrogens is 242 g/mol. The van der Waals surface area contributed by atoms with Gasteiger partial charge in [-0.15, -0.1) is 0 Å². The van der Waals surface area contributed by atoms with Crippen molar-refractivity contribution < 1.29 is 14.6 Å². The lowest BCUT2D eigenvalue weighted by molar-refractivity contribution is -0.142. The van der Waals surface area contributed by atoms with Gasteiger partial charge in [-0.2, -0.15) is 4.37 Å². The standard InChI is InChI=1S/C10H17N3O3S/c1-10(2,3)8-12-9(17-13-8)11-6(5-14)7(15)16-4/h6,14H,5H2,1-4H3,(H,11,12,13). The first kappa shape index (κ1) is 13.9. The Morgan fingerprint density at radius 1 is 1.59 bits per heavy atom. The highest BCUT2D eigenvalue weighted by Crippen LogP contribution is 2.23. The maximum atomic E-state index is 11.3. The van der Waals surface area contributed by atoms with E-state index in [4.69, 9.17) is 5.11 Å². The second kappa shape index (κ2) is 5.42. The fourth-order valence-corrected chi connectivity index (χ4v) is 1.87. The van der Waals surface area contributed by atoms with Crippen LogP contribution in [0.4, 0.5) is 5.13 Å². The third-order valence-corrected chi connectivity index (χ3v) is 2.71. The molecule has 6 nitrogen and oxygen atoms in total. The van der Waals surface area contributed by atoms with Gasteiger partial charge in [0.1, 0.15) is 11.9 Å². The quantitative estimate of drug-likeness (QED) is 0.777. The van der Waals surface area contributed by atoms with Crippen LogP contribution in [0.25, 0.3) is 0 Å². The van der Waals surface area contributed by atoms with Crippen molar-refractivity contribution in [3.63, 3.8) is 0 Å². The summed E-state index contributed by atoms with van der Waals surface area (Å²) in [7, 11) is 1.27. The average Bonchev–Trinajstić information content (AvgIpc) is 2.73. The van der Waals surface area contributed by atoms with Crippen molar-refractivity contribution in [2.24, 2.45) is 0 Å². The van der Waals surface area contributed by atoms with Gasteiger partial charge in [-0.3, -0.25) is 0 Å². The molecule has 0 aliphatic rings. The summed E-state index contributed by atoms with van der Waals surface area (Å²) in [6, 6.07) is -0.805. The number of anilines is 1. The SMILES string of the molecule is COC(=O)C(CO)Nc1nc(C(C)(C)C)ns1. The predicted octanol–water partition coefficient (Wildman–Crippen LogP) is 0.781. The van der Waals surface area contributed by atoms with Crippen molar-refractivity contribution in [1.29, 1.82) is 0 Å². The Bertz CT molecular complexity index is 386. The Morgan fingerprint density at radius 2 is 2.24 bits per heavy atom. The van der Waals surface area contributed by atoms with Gasteiger partial charge in [0.05, 0.1) is 13.7 Å². The molecule has 1 atom stereocenters. The summed E-state index contributed by atoms with van der Waals surface area (Å²) in [5.74, 6) is 0.173. The average molecular weight is 259 g/mol. The van der Waals surface area contributed by atoms with Crippen LogP contribution in [0.15, 0.2) is 0 Å². The normalized spacial score (nSPS) is 13.2. The van der Waals surface area contributed by atoms with Gasteiger partial charge in [0.15, 0.2) is 0 Å². The fourth-order valence-electron chi connectivity index (χ4n) is 1.06. The van der Waals surface area contributed by atoms with Gasteiger partial charge in [0.25, 0.3) is 0 Å². The van der Waals surface area contributed by atoms with Gasteiger partial charge >= 0.3 is 5.97 Å². The maximum absolute atomic E-state index is 11.3. The van der Waals surface area contributed by atoms with E-state index in [0.29, 0.717) is 11.0 Å². The lowest BCUT2D eigenvalue weighted by Gasteiger charge is -2.13. The number of rotatable bonds is 4. The van der Waals surface area contributed by atoms with Crippen LogP contribution >= 0.6 is 11.5 Å². The van der Waals surface area contributed by atoms with E-state index in [2.05, 4.69) is 19.4 Å². The first-order valence-electron chi connectivity index (χ1n) is 5.18. The van der Waals surface area contributed by atoms with E-state index in [0.717, 1.165) is 11.5 Å². The molecule has 0 saturated heterocycles. The zero-order valence-electron chi connectivity index (χ0n) is 10.4. The van der Waals surface area contributed by atoms with Crippen molar-refractivity contribution in [2.75, 3.05) is 19.0 Å². The summed E-state index contributed by atoms with van der Waals surface area (Å²) in [6.45, 7) is 5.66. The van der Waals surface area contributed by atoms with Crippen LogP contribution < -0.4 is 5.32 Å². The number of nitrogens with one attached hydrogen (secondary N) is 1. The molecule has 2 N–H and O–H groups in total. The van der Waals surface area contributed by atoms with Crippen molar-refractivity contribution in [3.05, 3.63) is 5.82 Å². The Balaban J connectivity index is 2.75. The van der Waals surface area contributed by atoms with E-state index < -0.39 is 12.0 Å². The zero-order chi connectivity index (χ0) is 13.1. The van der Waals surface area contributed by atoms with Crippen molar-refractivity contribution in [1.82, 2.24) is 9.36 Å². The number of hydrogen-bond donors (Lipinski definition) is 2. The number of methoxy groups -OCH3 is 1. The molecule has 0 aliphatic carbocycles. The number of ether oxygens (including phenoxy) is 1. The van der Waals surface area contributed by atoms with Gasteiger partial charge < -0.3 is 15.2 Å². The van der Waals surface area contributed by atoms with Gasteiger partial charge in [0.2, 0.25) is 5.13 Å². The molecule has 0 fully saturated rings. The fraction of sp³-hybridized carbons (Fsp3) is 0.700. The highest BCUT2D eigenvalue weighted by atomic mass is 32.1. The minimum Gasteiger partial charge on any atom is -0.467 e. The predicted molar refractivity (Wildman–Crippen MR) is 65.1 cm³/mol. The number of carbonyl (C=O) groups is 1. The number of esters is 1. The summed E-state index contributed by atoms with van der Waals surface area (Å²) in [5.41, 5.74) is -0.142. The molecule has 96 valence electrons. The Labute approximate surface area is 104 Å². The molecule has 0 bridgehead atoms. The number of hydrogen-bond acceptors (Lipinski definition) is 7. The van der Waals surface area contributed by atoms with Crippen molar-refractivity contribution in [2.45, 2.75) is 32.2 Å². The van der Waals surface area contributed by atoms with Gasteiger partial charge in [-0.1, -0.05) is 20.8 Å². The number of aliphatic hydroxyl groups excluding tert-OH is 1. The second-order valence-corrected chi connectivity index (χ2v) is 5.33. The monoisotopic (exact) mass is 259 g/mol. The topological polar surface area (TPSA) is 84.3 Å². The minimum absolute atomic E-state index is 0.142. The smallest absolute Gasteiger partial charge is 0.330 e. The lowest BCUT2D eigenvalue weighted by Crippen LogP contribution is -2.34. The zero-order valence-corrected chi connectivity index (χ0v) is 11.2. The third-order valence-electron chi connectivity index (χ3n) is 2.06. The first-order chi connectivity index (χ1) is 7.88. The van der Waals surface area contributed by atoms with E-state index in [1.807, 2.05) is 20.8 Å². The van der Waals surface area contributed by atoms with Crippen LogP contribution in [0, 0.1) is 0 Å². The molecule has 0 amide bonds. The minimum atomic E-state index is -0.805.